The smallest absolute Gasteiger partial charge is 0.252 e. The number of anilines is 3. The Morgan fingerprint density at radius 3 is 2.52 bits per heavy atom. The second-order valence-electron chi connectivity index (χ2n) is 6.63. The molecule has 156 valence electrons. The van der Waals surface area contributed by atoms with Crippen molar-refractivity contribution >= 4 is 50.7 Å². The van der Waals surface area contributed by atoms with E-state index in [2.05, 4.69) is 20.6 Å². The Labute approximate surface area is 180 Å². The molecule has 0 radical (unpaired) electrons. The van der Waals surface area contributed by atoms with Gasteiger partial charge in [0, 0.05) is 5.69 Å². The quantitative estimate of drug-likeness (QED) is 0.351. The largest absolute Gasteiger partial charge is 0.368 e. The molecule has 31 heavy (non-hydrogen) atoms. The van der Waals surface area contributed by atoms with Crippen LogP contribution in [0, 0.1) is 5.82 Å². The molecular formula is C21H17FN6O2S. The molecule has 0 unspecified atom stereocenters. The van der Waals surface area contributed by atoms with Gasteiger partial charge in [0.1, 0.15) is 11.9 Å². The van der Waals surface area contributed by atoms with Gasteiger partial charge in [0.15, 0.2) is 11.6 Å². The number of rotatable bonds is 7. The summed E-state index contributed by atoms with van der Waals surface area (Å²) in [5, 5.41) is 5.71. The normalized spacial score (nSPS) is 11.8. The van der Waals surface area contributed by atoms with Crippen LogP contribution in [0.5, 0.6) is 0 Å². The zero-order chi connectivity index (χ0) is 22.0. The van der Waals surface area contributed by atoms with Crippen molar-refractivity contribution in [1.82, 2.24) is 9.97 Å². The van der Waals surface area contributed by atoms with Crippen LogP contribution in [0.3, 0.4) is 0 Å². The summed E-state index contributed by atoms with van der Waals surface area (Å²) in [5.74, 6) is -2.62. The van der Waals surface area contributed by atoms with Gasteiger partial charge in [-0.2, -0.15) is 0 Å². The second kappa shape index (κ2) is 8.36. The lowest BCUT2D eigenvalue weighted by Gasteiger charge is -2.18. The first-order valence-electron chi connectivity index (χ1n) is 9.14. The molecule has 4 rings (SSSR count). The zero-order valence-corrected chi connectivity index (χ0v) is 16.8. The van der Waals surface area contributed by atoms with Crippen LogP contribution in [0.15, 0.2) is 60.1 Å². The van der Waals surface area contributed by atoms with E-state index in [1.807, 2.05) is 6.07 Å². The second-order valence-corrected chi connectivity index (χ2v) is 7.52. The monoisotopic (exact) mass is 436 g/mol. The van der Waals surface area contributed by atoms with Crippen molar-refractivity contribution in [1.29, 1.82) is 0 Å². The highest BCUT2D eigenvalue weighted by atomic mass is 32.1. The van der Waals surface area contributed by atoms with Gasteiger partial charge in [-0.25, -0.2) is 14.4 Å². The van der Waals surface area contributed by atoms with Crippen molar-refractivity contribution in [2.24, 2.45) is 11.5 Å². The number of nitrogens with one attached hydrogen (secondary N) is 2. The minimum atomic E-state index is -1.02. The van der Waals surface area contributed by atoms with Crippen molar-refractivity contribution in [3.8, 4) is 0 Å². The number of benzene rings is 2. The molecule has 0 saturated carbocycles. The highest BCUT2D eigenvalue weighted by Crippen LogP contribution is 2.28. The van der Waals surface area contributed by atoms with Gasteiger partial charge < -0.3 is 22.1 Å². The standard InChI is InChI=1S/C21H17FN6O2S/c22-14-9-13(18(23)29)20(26-12-6-7-15-16(8-12)31-10-25-15)28-21(14)27-17(19(24)30)11-4-2-1-3-5-11/h1-10,17H,(H2,23,29)(H2,24,30)(H2,26,27,28)/t17-/m0/s1. The van der Waals surface area contributed by atoms with Crippen molar-refractivity contribution in [2.45, 2.75) is 6.04 Å². The van der Waals surface area contributed by atoms with Crippen LogP contribution in [-0.4, -0.2) is 21.8 Å². The number of carbonyl (C=O) groups excluding carboxylic acids is 2. The van der Waals surface area contributed by atoms with Crippen molar-refractivity contribution in [3.05, 3.63) is 77.1 Å². The van der Waals surface area contributed by atoms with Gasteiger partial charge in [-0.15, -0.1) is 11.3 Å². The average Bonchev–Trinajstić information content (AvgIpc) is 3.21. The van der Waals surface area contributed by atoms with E-state index in [0.29, 0.717) is 11.3 Å². The van der Waals surface area contributed by atoms with Crippen LogP contribution in [0.1, 0.15) is 22.0 Å². The van der Waals surface area contributed by atoms with Gasteiger partial charge in [0.25, 0.3) is 5.91 Å². The molecule has 6 N–H and O–H groups in total. The van der Waals surface area contributed by atoms with Gasteiger partial charge in [0.2, 0.25) is 5.91 Å². The Bertz CT molecular complexity index is 1280. The third kappa shape index (κ3) is 4.28. The number of thiazole rings is 1. The van der Waals surface area contributed by atoms with Gasteiger partial charge in [-0.05, 0) is 29.8 Å². The molecular weight excluding hydrogens is 419 g/mol. The maximum absolute atomic E-state index is 14.7. The van der Waals surface area contributed by atoms with Gasteiger partial charge in [-0.1, -0.05) is 30.3 Å². The number of halogens is 1. The Morgan fingerprint density at radius 1 is 1.03 bits per heavy atom. The van der Waals surface area contributed by atoms with E-state index >= 15 is 0 Å². The molecule has 2 heterocycles. The van der Waals surface area contributed by atoms with Crippen LogP contribution in [-0.2, 0) is 4.79 Å². The summed E-state index contributed by atoms with van der Waals surface area (Å²) < 4.78 is 15.6. The molecule has 0 aliphatic heterocycles. The number of amides is 2. The third-order valence-electron chi connectivity index (χ3n) is 4.53. The SMILES string of the molecule is NC(=O)c1cc(F)c(N[C@H](C(N)=O)c2ccccc2)nc1Nc1ccc2ncsc2c1. The maximum atomic E-state index is 14.7. The molecule has 2 amide bonds. The highest BCUT2D eigenvalue weighted by Gasteiger charge is 2.22. The Balaban J connectivity index is 1.71. The zero-order valence-electron chi connectivity index (χ0n) is 16.0. The predicted octanol–water partition coefficient (Wildman–Crippen LogP) is 3.31. The minimum Gasteiger partial charge on any atom is -0.368 e. The molecule has 0 aliphatic carbocycles. The number of pyridine rings is 1. The van der Waals surface area contributed by atoms with E-state index in [9.17, 15) is 14.0 Å². The van der Waals surface area contributed by atoms with E-state index in [-0.39, 0.29) is 17.2 Å². The van der Waals surface area contributed by atoms with Crippen LogP contribution >= 0.6 is 11.3 Å². The number of carbonyl (C=O) groups is 2. The van der Waals surface area contributed by atoms with E-state index < -0.39 is 23.7 Å². The molecule has 0 fully saturated rings. The predicted molar refractivity (Wildman–Crippen MR) is 118 cm³/mol. The van der Waals surface area contributed by atoms with E-state index in [1.165, 1.54) is 11.3 Å². The van der Waals surface area contributed by atoms with Crippen LogP contribution in [0.4, 0.5) is 21.7 Å². The lowest BCUT2D eigenvalue weighted by Crippen LogP contribution is -2.28. The van der Waals surface area contributed by atoms with E-state index in [1.54, 1.807) is 48.0 Å². The minimum absolute atomic E-state index is 0.0385. The summed E-state index contributed by atoms with van der Waals surface area (Å²) in [6.45, 7) is 0. The summed E-state index contributed by atoms with van der Waals surface area (Å²) in [4.78, 5) is 32.3. The molecule has 2 aromatic heterocycles. The first-order valence-corrected chi connectivity index (χ1v) is 10.0. The number of hydrogen-bond acceptors (Lipinski definition) is 7. The number of fused-ring (bicyclic) bond motifs is 1. The molecule has 0 aliphatic rings. The Kier molecular flexibility index (Phi) is 5.46. The lowest BCUT2D eigenvalue weighted by molar-refractivity contribution is -0.118. The fourth-order valence-electron chi connectivity index (χ4n) is 3.04. The summed E-state index contributed by atoms with van der Waals surface area (Å²) in [5.41, 5.74) is 14.5. The third-order valence-corrected chi connectivity index (χ3v) is 5.33. The van der Waals surface area contributed by atoms with Gasteiger partial charge in [0.05, 0.1) is 21.3 Å². The number of primary amides is 2. The van der Waals surface area contributed by atoms with Crippen LogP contribution in [0.25, 0.3) is 10.2 Å². The lowest BCUT2D eigenvalue weighted by atomic mass is 10.1. The fourth-order valence-corrected chi connectivity index (χ4v) is 3.76. The summed E-state index contributed by atoms with van der Waals surface area (Å²) in [6.07, 6.45) is 0. The van der Waals surface area contributed by atoms with E-state index in [4.69, 9.17) is 11.5 Å². The van der Waals surface area contributed by atoms with Crippen LogP contribution < -0.4 is 22.1 Å². The first-order chi connectivity index (χ1) is 14.9. The van der Waals surface area contributed by atoms with E-state index in [0.717, 1.165) is 16.3 Å². The molecule has 2 aromatic carbocycles. The van der Waals surface area contributed by atoms with Gasteiger partial charge in [-0.3, -0.25) is 9.59 Å². The molecule has 8 nitrogen and oxygen atoms in total. The van der Waals surface area contributed by atoms with Crippen LogP contribution in [0.2, 0.25) is 0 Å². The Morgan fingerprint density at radius 2 is 1.81 bits per heavy atom. The molecule has 0 spiro atoms. The molecule has 10 heteroatoms. The topological polar surface area (TPSA) is 136 Å². The maximum Gasteiger partial charge on any atom is 0.252 e. The molecule has 1 atom stereocenters. The summed E-state index contributed by atoms with van der Waals surface area (Å²) >= 11 is 1.45. The summed E-state index contributed by atoms with van der Waals surface area (Å²) in [7, 11) is 0. The summed E-state index contributed by atoms with van der Waals surface area (Å²) in [6, 6.07) is 13.9. The average molecular weight is 436 g/mol. The fraction of sp³-hybridized carbons (Fsp3) is 0.0476. The number of aromatic nitrogens is 2. The Hall–Kier alpha value is -4.05. The molecule has 0 saturated heterocycles. The van der Waals surface area contributed by atoms with Crippen molar-refractivity contribution < 1.29 is 14.0 Å². The number of nitrogens with two attached hydrogens (primary N) is 2. The molecule has 4 aromatic rings. The van der Waals surface area contributed by atoms with Gasteiger partial charge >= 0.3 is 0 Å². The number of nitrogens with zero attached hydrogens (tertiary/aromatic N) is 2. The first kappa shape index (κ1) is 20.2. The highest BCUT2D eigenvalue weighted by molar-refractivity contribution is 7.16. The van der Waals surface area contributed by atoms with Crippen molar-refractivity contribution in [3.63, 3.8) is 0 Å². The van der Waals surface area contributed by atoms with Crippen molar-refractivity contribution in [2.75, 3.05) is 10.6 Å². The molecule has 0 bridgehead atoms. The number of hydrogen-bond donors (Lipinski definition) is 4.